The van der Waals surface area contributed by atoms with Crippen molar-refractivity contribution in [2.45, 2.75) is 0 Å². The van der Waals surface area contributed by atoms with Crippen LogP contribution in [0.2, 0.25) is 0 Å². The molecular weight excluding hydrogens is 283 g/mol. The lowest BCUT2D eigenvalue weighted by Crippen LogP contribution is -2.45. The summed E-state index contributed by atoms with van der Waals surface area (Å²) in [6, 6.07) is 4.61. The van der Waals surface area contributed by atoms with Crippen molar-refractivity contribution in [1.29, 1.82) is 0 Å². The molecule has 1 N–H and O–H groups in total. The number of amides is 1. The first-order chi connectivity index (χ1) is 9.20. The summed E-state index contributed by atoms with van der Waals surface area (Å²) in [5.74, 6) is -0.275. The highest BCUT2D eigenvalue weighted by atomic mass is 35.5. The van der Waals surface area contributed by atoms with Crippen LogP contribution in [0.5, 0.6) is 5.75 Å². The molecule has 2 rings (SSSR count). The predicted octanol–water partition coefficient (Wildman–Crippen LogP) is 1.70. The average Bonchev–Trinajstić information content (AvgIpc) is 2.46. The molecule has 0 saturated carbocycles. The molecule has 0 aromatic heterocycles. The highest BCUT2D eigenvalue weighted by Crippen LogP contribution is 2.18. The van der Waals surface area contributed by atoms with Gasteiger partial charge in [0.15, 0.2) is 11.6 Å². The van der Waals surface area contributed by atoms with Gasteiger partial charge in [-0.3, -0.25) is 4.79 Å². The normalized spacial score (nSPS) is 15.0. The van der Waals surface area contributed by atoms with E-state index < -0.39 is 5.82 Å². The van der Waals surface area contributed by atoms with Crippen LogP contribution in [-0.2, 0) is 4.79 Å². The van der Waals surface area contributed by atoms with Crippen LogP contribution in [-0.4, -0.2) is 44.1 Å². The summed E-state index contributed by atoms with van der Waals surface area (Å²) in [5, 5.41) is 3.18. The van der Waals surface area contributed by atoms with Crippen LogP contribution in [0.25, 0.3) is 6.08 Å². The van der Waals surface area contributed by atoms with Gasteiger partial charge in [-0.25, -0.2) is 4.39 Å². The molecule has 0 radical (unpaired) electrons. The van der Waals surface area contributed by atoms with Gasteiger partial charge in [0, 0.05) is 32.3 Å². The number of rotatable bonds is 3. The van der Waals surface area contributed by atoms with Crippen LogP contribution in [0.4, 0.5) is 4.39 Å². The summed E-state index contributed by atoms with van der Waals surface area (Å²) in [7, 11) is 1.42. The average molecular weight is 301 g/mol. The van der Waals surface area contributed by atoms with Crippen LogP contribution in [0.3, 0.4) is 0 Å². The van der Waals surface area contributed by atoms with Gasteiger partial charge in [-0.15, -0.1) is 12.4 Å². The van der Waals surface area contributed by atoms with E-state index in [2.05, 4.69) is 5.32 Å². The molecule has 4 nitrogen and oxygen atoms in total. The second-order valence-corrected chi connectivity index (χ2v) is 4.30. The second-order valence-electron chi connectivity index (χ2n) is 4.30. The van der Waals surface area contributed by atoms with Gasteiger partial charge in [0.2, 0.25) is 5.91 Å². The monoisotopic (exact) mass is 300 g/mol. The number of halogens is 2. The fourth-order valence-corrected chi connectivity index (χ4v) is 1.94. The third kappa shape index (κ3) is 4.21. The van der Waals surface area contributed by atoms with Crippen molar-refractivity contribution < 1.29 is 13.9 Å². The number of carbonyl (C=O) groups is 1. The first-order valence-electron chi connectivity index (χ1n) is 6.22. The zero-order chi connectivity index (χ0) is 13.7. The van der Waals surface area contributed by atoms with E-state index in [-0.39, 0.29) is 24.1 Å². The van der Waals surface area contributed by atoms with Crippen LogP contribution >= 0.6 is 12.4 Å². The van der Waals surface area contributed by atoms with E-state index in [9.17, 15) is 9.18 Å². The molecule has 6 heteroatoms. The molecule has 1 aromatic carbocycles. The molecule has 20 heavy (non-hydrogen) atoms. The van der Waals surface area contributed by atoms with Gasteiger partial charge in [0.1, 0.15) is 0 Å². The van der Waals surface area contributed by atoms with E-state index in [1.165, 1.54) is 19.3 Å². The SMILES string of the molecule is COc1ccc(C=CC(=O)N2CCNCC2)cc1F.Cl. The molecule has 1 heterocycles. The van der Waals surface area contributed by atoms with Crippen LogP contribution in [0.1, 0.15) is 5.56 Å². The topological polar surface area (TPSA) is 41.6 Å². The first-order valence-corrected chi connectivity index (χ1v) is 6.22. The number of hydrogen-bond donors (Lipinski definition) is 1. The largest absolute Gasteiger partial charge is 0.494 e. The molecule has 1 fully saturated rings. The zero-order valence-corrected chi connectivity index (χ0v) is 12.1. The minimum atomic E-state index is -0.431. The summed E-state index contributed by atoms with van der Waals surface area (Å²) in [6.07, 6.45) is 3.10. The summed E-state index contributed by atoms with van der Waals surface area (Å²) >= 11 is 0. The van der Waals surface area contributed by atoms with Crippen molar-refractivity contribution in [2.24, 2.45) is 0 Å². The van der Waals surface area contributed by atoms with E-state index in [1.54, 1.807) is 23.1 Å². The second kappa shape index (κ2) is 7.87. The molecule has 1 aromatic rings. The van der Waals surface area contributed by atoms with Crippen LogP contribution in [0.15, 0.2) is 24.3 Å². The highest BCUT2D eigenvalue weighted by Gasteiger charge is 2.13. The first kappa shape index (κ1) is 16.5. The molecule has 0 bridgehead atoms. The molecule has 1 saturated heterocycles. The van der Waals surface area contributed by atoms with E-state index in [4.69, 9.17) is 4.74 Å². The molecule has 1 amide bonds. The number of hydrogen-bond acceptors (Lipinski definition) is 3. The van der Waals surface area contributed by atoms with Crippen LogP contribution < -0.4 is 10.1 Å². The Hall–Kier alpha value is -1.59. The number of nitrogens with one attached hydrogen (secondary N) is 1. The third-order valence-corrected chi connectivity index (χ3v) is 3.02. The van der Waals surface area contributed by atoms with Crippen molar-refractivity contribution in [2.75, 3.05) is 33.3 Å². The van der Waals surface area contributed by atoms with Gasteiger partial charge in [0.05, 0.1) is 7.11 Å². The Morgan fingerprint density at radius 1 is 1.40 bits per heavy atom. The van der Waals surface area contributed by atoms with Crippen molar-refractivity contribution in [3.8, 4) is 5.75 Å². The molecule has 110 valence electrons. The minimum Gasteiger partial charge on any atom is -0.494 e. The Bertz CT molecular complexity index is 488. The Balaban J connectivity index is 0.00000200. The summed E-state index contributed by atoms with van der Waals surface area (Å²) in [5.41, 5.74) is 0.641. The Morgan fingerprint density at radius 2 is 2.10 bits per heavy atom. The molecular formula is C14H18ClFN2O2. The number of benzene rings is 1. The zero-order valence-electron chi connectivity index (χ0n) is 11.3. The quantitative estimate of drug-likeness (QED) is 0.864. The van der Waals surface area contributed by atoms with E-state index >= 15 is 0 Å². The lowest BCUT2D eigenvalue weighted by atomic mass is 10.2. The Kier molecular flexibility index (Phi) is 6.48. The lowest BCUT2D eigenvalue weighted by Gasteiger charge is -2.26. The number of carbonyl (C=O) groups excluding carboxylic acids is 1. The Morgan fingerprint density at radius 3 is 2.70 bits per heavy atom. The molecule has 0 spiro atoms. The maximum absolute atomic E-state index is 13.5. The lowest BCUT2D eigenvalue weighted by molar-refractivity contribution is -0.126. The minimum absolute atomic E-state index is 0. The maximum atomic E-state index is 13.5. The summed E-state index contributed by atoms with van der Waals surface area (Å²) in [4.78, 5) is 13.6. The molecule has 0 unspecified atom stereocenters. The number of ether oxygens (including phenoxy) is 1. The van der Waals surface area contributed by atoms with Crippen molar-refractivity contribution >= 4 is 24.4 Å². The van der Waals surface area contributed by atoms with Gasteiger partial charge in [-0.1, -0.05) is 6.07 Å². The smallest absolute Gasteiger partial charge is 0.246 e. The molecule has 0 atom stereocenters. The fourth-order valence-electron chi connectivity index (χ4n) is 1.94. The van der Waals surface area contributed by atoms with Crippen molar-refractivity contribution in [1.82, 2.24) is 10.2 Å². The van der Waals surface area contributed by atoms with Gasteiger partial charge >= 0.3 is 0 Å². The molecule has 1 aliphatic heterocycles. The predicted molar refractivity (Wildman–Crippen MR) is 78.7 cm³/mol. The van der Waals surface area contributed by atoms with Crippen molar-refractivity contribution in [3.05, 3.63) is 35.7 Å². The fraction of sp³-hybridized carbons (Fsp3) is 0.357. The number of methoxy groups -OCH3 is 1. The maximum Gasteiger partial charge on any atom is 0.246 e. The number of nitrogens with zero attached hydrogens (tertiary/aromatic N) is 1. The highest BCUT2D eigenvalue weighted by molar-refractivity contribution is 5.91. The van der Waals surface area contributed by atoms with E-state index in [0.717, 1.165) is 13.1 Å². The van der Waals surface area contributed by atoms with Crippen LogP contribution in [0, 0.1) is 5.82 Å². The van der Waals surface area contributed by atoms with Gasteiger partial charge in [-0.05, 0) is 23.8 Å². The Labute approximate surface area is 124 Å². The van der Waals surface area contributed by atoms with Crippen molar-refractivity contribution in [3.63, 3.8) is 0 Å². The third-order valence-electron chi connectivity index (χ3n) is 3.02. The van der Waals surface area contributed by atoms with Gasteiger partial charge in [0.25, 0.3) is 0 Å². The molecule has 0 aliphatic carbocycles. The summed E-state index contributed by atoms with van der Waals surface area (Å²) < 4.78 is 18.3. The van der Waals surface area contributed by atoms with E-state index in [1.807, 2.05) is 0 Å². The van der Waals surface area contributed by atoms with Gasteiger partial charge < -0.3 is 15.0 Å². The van der Waals surface area contributed by atoms with E-state index in [0.29, 0.717) is 18.7 Å². The molecule has 1 aliphatic rings. The summed E-state index contributed by atoms with van der Waals surface area (Å²) in [6.45, 7) is 3.05. The van der Waals surface area contributed by atoms with Gasteiger partial charge in [-0.2, -0.15) is 0 Å². The standard InChI is InChI=1S/C14H17FN2O2.ClH/c1-19-13-4-2-11(10-12(13)15)3-5-14(18)17-8-6-16-7-9-17;/h2-5,10,16H,6-9H2,1H3;1H. The number of piperazine rings is 1.